The van der Waals surface area contributed by atoms with Crippen LogP contribution in [0.5, 0.6) is 5.75 Å². The molecule has 3 aromatic rings. The van der Waals surface area contributed by atoms with Crippen molar-refractivity contribution in [3.8, 4) is 28.7 Å². The number of nitrogens with zero attached hydrogens (tertiary/aromatic N) is 2. The van der Waals surface area contributed by atoms with E-state index in [-0.39, 0.29) is 36.0 Å². The Kier molecular flexibility index (Phi) is 6.87. The predicted molar refractivity (Wildman–Crippen MR) is 129 cm³/mol. The van der Waals surface area contributed by atoms with Gasteiger partial charge >= 0.3 is 0 Å². The Morgan fingerprint density at radius 2 is 1.73 bits per heavy atom. The summed E-state index contributed by atoms with van der Waals surface area (Å²) >= 11 is 0. The average molecular weight is 465 g/mol. The summed E-state index contributed by atoms with van der Waals surface area (Å²) in [7, 11) is -2.82. The Morgan fingerprint density at radius 3 is 2.30 bits per heavy atom. The van der Waals surface area contributed by atoms with E-state index in [2.05, 4.69) is 30.7 Å². The highest BCUT2D eigenvalue weighted by Gasteiger charge is 2.33. The van der Waals surface area contributed by atoms with E-state index in [1.54, 1.807) is 6.20 Å². The Hall–Kier alpha value is -3.08. The zero-order valence-electron chi connectivity index (χ0n) is 18.8. The summed E-state index contributed by atoms with van der Waals surface area (Å²) < 4.78 is 30.1. The van der Waals surface area contributed by atoms with Crippen LogP contribution >= 0.6 is 0 Å². The molecule has 7 heteroatoms. The van der Waals surface area contributed by atoms with Crippen LogP contribution in [0.3, 0.4) is 0 Å². The highest BCUT2D eigenvalue weighted by Crippen LogP contribution is 2.25. The first-order valence-electron chi connectivity index (χ1n) is 11.0. The van der Waals surface area contributed by atoms with Crippen molar-refractivity contribution >= 4 is 9.84 Å². The summed E-state index contributed by atoms with van der Waals surface area (Å²) in [5, 5.41) is 9.82. The molecule has 4 rings (SSSR count). The number of sulfone groups is 1. The van der Waals surface area contributed by atoms with Crippen molar-refractivity contribution in [2.45, 2.75) is 25.8 Å². The fourth-order valence-electron chi connectivity index (χ4n) is 3.87. The van der Waals surface area contributed by atoms with E-state index >= 15 is 0 Å². The lowest BCUT2D eigenvalue weighted by molar-refractivity contribution is 0.255. The van der Waals surface area contributed by atoms with Gasteiger partial charge in [0.2, 0.25) is 0 Å². The van der Waals surface area contributed by atoms with Crippen LogP contribution in [0, 0.1) is 17.8 Å². The molecule has 33 heavy (non-hydrogen) atoms. The fourth-order valence-corrected chi connectivity index (χ4v) is 5.41. The average Bonchev–Trinajstić information content (AvgIpc) is 3.28. The van der Waals surface area contributed by atoms with Gasteiger partial charge in [0.05, 0.1) is 24.7 Å². The van der Waals surface area contributed by atoms with Gasteiger partial charge in [0.25, 0.3) is 0 Å². The molecule has 1 aromatic heterocycles. The first kappa shape index (κ1) is 23.1. The Morgan fingerprint density at radius 1 is 1.09 bits per heavy atom. The maximum Gasteiger partial charge on any atom is 0.151 e. The quantitative estimate of drug-likeness (QED) is 0.540. The smallest absolute Gasteiger partial charge is 0.151 e. The van der Waals surface area contributed by atoms with Gasteiger partial charge in [0.15, 0.2) is 9.84 Å². The Balaban J connectivity index is 1.39. The van der Waals surface area contributed by atoms with E-state index in [0.29, 0.717) is 6.61 Å². The first-order valence-corrected chi connectivity index (χ1v) is 12.9. The van der Waals surface area contributed by atoms with Crippen LogP contribution in [0.15, 0.2) is 60.9 Å². The molecule has 0 radical (unpaired) electrons. The number of rotatable bonds is 7. The van der Waals surface area contributed by atoms with Crippen molar-refractivity contribution in [1.29, 1.82) is 0 Å². The molecule has 1 atom stereocenters. The highest BCUT2D eigenvalue weighted by molar-refractivity contribution is 7.92. The van der Waals surface area contributed by atoms with Crippen LogP contribution in [-0.2, 0) is 9.84 Å². The van der Waals surface area contributed by atoms with Crippen LogP contribution in [-0.4, -0.2) is 47.8 Å². The number of hydrogen-bond donors (Lipinski definition) is 1. The molecule has 0 aliphatic carbocycles. The van der Waals surface area contributed by atoms with Crippen molar-refractivity contribution in [2.75, 3.05) is 24.7 Å². The number of benzene rings is 2. The van der Waals surface area contributed by atoms with Gasteiger partial charge in [-0.25, -0.2) is 13.4 Å². The number of ether oxygens (including phenoxy) is 1. The highest BCUT2D eigenvalue weighted by atomic mass is 32.2. The second-order valence-corrected chi connectivity index (χ2v) is 10.8. The number of aliphatic hydroxyl groups excluding tert-OH is 1. The number of aromatic nitrogens is 2. The van der Waals surface area contributed by atoms with Gasteiger partial charge in [0, 0.05) is 29.8 Å². The van der Waals surface area contributed by atoms with E-state index in [0.717, 1.165) is 28.3 Å². The van der Waals surface area contributed by atoms with Crippen LogP contribution < -0.4 is 4.74 Å². The normalized spacial score (nSPS) is 16.0. The summed E-state index contributed by atoms with van der Waals surface area (Å²) in [5.41, 5.74) is 2.99. The maximum atomic E-state index is 11.2. The molecule has 1 aliphatic heterocycles. The third-order valence-corrected chi connectivity index (χ3v) is 7.60. The summed E-state index contributed by atoms with van der Waals surface area (Å²) in [5.74, 6) is 8.75. The molecule has 0 saturated carbocycles. The van der Waals surface area contributed by atoms with Crippen molar-refractivity contribution in [3.05, 3.63) is 72.3 Å². The van der Waals surface area contributed by atoms with Crippen LogP contribution in [0.4, 0.5) is 0 Å². The third-order valence-electron chi connectivity index (χ3n) is 5.64. The SMILES string of the molecule is CC(C)c1nccn1[C@@H](C#Cc1ccc(-c2ccc(OCC3CS(=O)(=O)C3)cc2)cc1)CO. The van der Waals surface area contributed by atoms with Crippen LogP contribution in [0.1, 0.15) is 37.2 Å². The Labute approximate surface area is 195 Å². The molecule has 1 fully saturated rings. The second kappa shape index (κ2) is 9.82. The molecular weight excluding hydrogens is 436 g/mol. The third kappa shape index (κ3) is 5.65. The first-order chi connectivity index (χ1) is 15.8. The van der Waals surface area contributed by atoms with Gasteiger partial charge in [-0.3, -0.25) is 0 Å². The number of imidazole rings is 1. The molecule has 0 bridgehead atoms. The summed E-state index contributed by atoms with van der Waals surface area (Å²) in [6.45, 7) is 4.49. The predicted octanol–water partition coefficient (Wildman–Crippen LogP) is 3.68. The molecule has 1 N–H and O–H groups in total. The van der Waals surface area contributed by atoms with Crippen molar-refractivity contribution < 1.29 is 18.3 Å². The van der Waals surface area contributed by atoms with Crippen molar-refractivity contribution in [1.82, 2.24) is 9.55 Å². The standard InChI is InChI=1S/C26H28N2O4S/c1-19(2)26-27-13-14-28(26)24(15-29)10-5-20-3-6-22(7-4-20)23-8-11-25(12-9-23)32-16-21-17-33(30,31)18-21/h3-4,6-9,11-14,19,21,24,29H,15-18H2,1-2H3/t24-/m0/s1. The summed E-state index contributed by atoms with van der Waals surface area (Å²) in [4.78, 5) is 4.37. The van der Waals surface area contributed by atoms with Gasteiger partial charge in [-0.2, -0.15) is 0 Å². The lowest BCUT2D eigenvalue weighted by atomic mass is 10.0. The maximum absolute atomic E-state index is 11.2. The van der Waals surface area contributed by atoms with Crippen LogP contribution in [0.25, 0.3) is 11.1 Å². The molecule has 0 amide bonds. The minimum absolute atomic E-state index is 0.0772. The van der Waals surface area contributed by atoms with Gasteiger partial charge in [0.1, 0.15) is 17.6 Å². The van der Waals surface area contributed by atoms with Gasteiger partial charge in [-0.15, -0.1) is 0 Å². The molecule has 172 valence electrons. The molecular formula is C26H28N2O4S. The monoisotopic (exact) mass is 464 g/mol. The van der Waals surface area contributed by atoms with Crippen molar-refractivity contribution in [3.63, 3.8) is 0 Å². The largest absolute Gasteiger partial charge is 0.493 e. The summed E-state index contributed by atoms with van der Waals surface area (Å²) in [6.07, 6.45) is 3.60. The van der Waals surface area contributed by atoms with E-state index in [1.165, 1.54) is 0 Å². The lowest BCUT2D eigenvalue weighted by Crippen LogP contribution is -2.39. The zero-order valence-corrected chi connectivity index (χ0v) is 19.6. The molecule has 6 nitrogen and oxygen atoms in total. The van der Waals surface area contributed by atoms with Gasteiger partial charge in [-0.05, 0) is 35.4 Å². The van der Waals surface area contributed by atoms with E-state index < -0.39 is 9.84 Å². The van der Waals surface area contributed by atoms with E-state index in [9.17, 15) is 13.5 Å². The molecule has 1 aliphatic rings. The molecule has 2 aromatic carbocycles. The van der Waals surface area contributed by atoms with Crippen LogP contribution in [0.2, 0.25) is 0 Å². The van der Waals surface area contributed by atoms with Gasteiger partial charge in [-0.1, -0.05) is 50.0 Å². The second-order valence-electron chi connectivity index (χ2n) is 8.67. The Bertz CT molecular complexity index is 1240. The molecule has 1 saturated heterocycles. The van der Waals surface area contributed by atoms with E-state index in [1.807, 2.05) is 59.3 Å². The number of aliphatic hydroxyl groups is 1. The molecule has 0 spiro atoms. The van der Waals surface area contributed by atoms with Crippen molar-refractivity contribution in [2.24, 2.45) is 5.92 Å². The molecule has 2 heterocycles. The zero-order chi connectivity index (χ0) is 23.4. The minimum Gasteiger partial charge on any atom is -0.493 e. The number of hydrogen-bond acceptors (Lipinski definition) is 5. The topological polar surface area (TPSA) is 81.4 Å². The molecule has 0 unspecified atom stereocenters. The van der Waals surface area contributed by atoms with E-state index in [4.69, 9.17) is 4.74 Å². The lowest BCUT2D eigenvalue weighted by Gasteiger charge is -2.25. The summed E-state index contributed by atoms with van der Waals surface area (Å²) in [6, 6.07) is 15.4. The van der Waals surface area contributed by atoms with Gasteiger partial charge < -0.3 is 14.4 Å². The minimum atomic E-state index is -2.82. The fraction of sp³-hybridized carbons (Fsp3) is 0.346.